The van der Waals surface area contributed by atoms with E-state index in [1.165, 1.54) is 24.6 Å². The van der Waals surface area contributed by atoms with Gasteiger partial charge in [0.05, 0.1) is 15.5 Å². The lowest BCUT2D eigenvalue weighted by Gasteiger charge is -2.34. The van der Waals surface area contributed by atoms with Gasteiger partial charge in [0.25, 0.3) is 5.91 Å². The number of nitrogens with one attached hydrogen (secondary N) is 1. The van der Waals surface area contributed by atoms with Crippen molar-refractivity contribution in [2.45, 2.75) is 44.0 Å². The minimum absolute atomic E-state index is 0.104. The van der Waals surface area contributed by atoms with Crippen molar-refractivity contribution in [2.75, 3.05) is 6.26 Å². The van der Waals surface area contributed by atoms with Crippen LogP contribution in [0.1, 0.15) is 43.5 Å². The lowest BCUT2D eigenvalue weighted by Crippen LogP contribution is -2.43. The van der Waals surface area contributed by atoms with Crippen LogP contribution in [-0.4, -0.2) is 26.6 Å². The Morgan fingerprint density at radius 1 is 1.27 bits per heavy atom. The predicted octanol–water partition coefficient (Wildman–Crippen LogP) is 3.30. The van der Waals surface area contributed by atoms with Crippen molar-refractivity contribution < 1.29 is 13.2 Å². The first-order chi connectivity index (χ1) is 10.2. The molecule has 0 radical (unpaired) electrons. The van der Waals surface area contributed by atoms with Crippen LogP contribution in [0.4, 0.5) is 0 Å². The largest absolute Gasteiger partial charge is 0.349 e. The van der Waals surface area contributed by atoms with E-state index in [1.807, 2.05) is 0 Å². The highest BCUT2D eigenvalue weighted by molar-refractivity contribution is 7.90. The Morgan fingerprint density at radius 2 is 1.95 bits per heavy atom. The highest BCUT2D eigenvalue weighted by atomic mass is 35.5. The van der Waals surface area contributed by atoms with Gasteiger partial charge in [-0.2, -0.15) is 0 Å². The van der Waals surface area contributed by atoms with Crippen LogP contribution in [0, 0.1) is 11.8 Å². The van der Waals surface area contributed by atoms with Gasteiger partial charge in [0.1, 0.15) is 0 Å². The first-order valence-electron chi connectivity index (χ1n) is 7.50. The Kier molecular flexibility index (Phi) is 5.17. The Hall–Kier alpha value is -1.07. The molecule has 6 heteroatoms. The summed E-state index contributed by atoms with van der Waals surface area (Å²) in [5.74, 6) is 0.660. The molecule has 22 heavy (non-hydrogen) atoms. The average molecular weight is 344 g/mol. The molecule has 1 N–H and O–H groups in total. The fourth-order valence-electron chi connectivity index (χ4n) is 2.94. The zero-order valence-corrected chi connectivity index (χ0v) is 14.7. The maximum absolute atomic E-state index is 12.5. The van der Waals surface area contributed by atoms with Gasteiger partial charge >= 0.3 is 0 Å². The summed E-state index contributed by atoms with van der Waals surface area (Å²) in [6, 6.07) is 4.33. The standard InChI is InChI=1S/C16H22ClNO3S/c1-10-5-4-6-15(11(10)2)18-16(19)13-9-12(22(3,20)21)7-8-14(13)17/h7-11,15H,4-6H2,1-3H3,(H,18,19)/t10-,11-,15+/m1/s1. The van der Waals surface area contributed by atoms with Crippen LogP contribution in [-0.2, 0) is 9.84 Å². The first-order valence-corrected chi connectivity index (χ1v) is 9.77. The molecule has 1 amide bonds. The number of sulfone groups is 1. The molecule has 1 aromatic carbocycles. The molecule has 1 aromatic rings. The molecular weight excluding hydrogens is 322 g/mol. The van der Waals surface area contributed by atoms with Gasteiger partial charge in [-0.3, -0.25) is 4.79 Å². The molecule has 122 valence electrons. The average Bonchev–Trinajstić information content (AvgIpc) is 2.43. The van der Waals surface area contributed by atoms with Gasteiger partial charge in [-0.15, -0.1) is 0 Å². The third-order valence-corrected chi connectivity index (χ3v) is 6.07. The number of amides is 1. The zero-order valence-electron chi connectivity index (χ0n) is 13.1. The Balaban J connectivity index is 2.22. The summed E-state index contributed by atoms with van der Waals surface area (Å²) in [6.07, 6.45) is 4.33. The van der Waals surface area contributed by atoms with Crippen molar-refractivity contribution in [1.29, 1.82) is 0 Å². The number of halogens is 1. The van der Waals surface area contributed by atoms with Gasteiger partial charge in [0.15, 0.2) is 9.84 Å². The SMILES string of the molecule is C[C@@H]1[C@H](C)CCC[C@@H]1NC(=O)c1cc(S(C)(=O)=O)ccc1Cl. The van der Waals surface area contributed by atoms with Crippen LogP contribution >= 0.6 is 11.6 Å². The van der Waals surface area contributed by atoms with E-state index in [0.29, 0.717) is 11.8 Å². The minimum atomic E-state index is -3.37. The molecule has 0 saturated heterocycles. The summed E-state index contributed by atoms with van der Waals surface area (Å²) in [4.78, 5) is 12.6. The van der Waals surface area contributed by atoms with Crippen molar-refractivity contribution in [3.05, 3.63) is 28.8 Å². The van der Waals surface area contributed by atoms with Crippen molar-refractivity contribution in [3.63, 3.8) is 0 Å². The number of carbonyl (C=O) groups is 1. The maximum Gasteiger partial charge on any atom is 0.253 e. The van der Waals surface area contributed by atoms with Crippen molar-refractivity contribution in [3.8, 4) is 0 Å². The van der Waals surface area contributed by atoms with Crippen LogP contribution < -0.4 is 5.32 Å². The maximum atomic E-state index is 12.5. The van der Waals surface area contributed by atoms with E-state index in [-0.39, 0.29) is 27.4 Å². The van der Waals surface area contributed by atoms with E-state index in [4.69, 9.17) is 11.6 Å². The number of hydrogen-bond donors (Lipinski definition) is 1. The Labute approximate surface area is 137 Å². The Bertz CT molecular complexity index is 672. The Morgan fingerprint density at radius 3 is 2.59 bits per heavy atom. The van der Waals surface area contributed by atoms with Crippen molar-refractivity contribution >= 4 is 27.3 Å². The van der Waals surface area contributed by atoms with Crippen LogP contribution in [0.3, 0.4) is 0 Å². The zero-order chi connectivity index (χ0) is 16.5. The van der Waals surface area contributed by atoms with E-state index in [1.54, 1.807) is 0 Å². The quantitative estimate of drug-likeness (QED) is 0.915. The van der Waals surface area contributed by atoms with E-state index >= 15 is 0 Å². The molecule has 0 bridgehead atoms. The van der Waals surface area contributed by atoms with Crippen molar-refractivity contribution in [2.24, 2.45) is 11.8 Å². The predicted molar refractivity (Wildman–Crippen MR) is 88.0 cm³/mol. The molecule has 1 saturated carbocycles. The minimum Gasteiger partial charge on any atom is -0.349 e. The highest BCUT2D eigenvalue weighted by Gasteiger charge is 2.29. The molecule has 0 unspecified atom stereocenters. The summed E-state index contributed by atoms with van der Waals surface area (Å²) < 4.78 is 23.3. The molecule has 1 fully saturated rings. The van der Waals surface area contributed by atoms with E-state index in [0.717, 1.165) is 19.1 Å². The van der Waals surface area contributed by atoms with Gasteiger partial charge < -0.3 is 5.32 Å². The van der Waals surface area contributed by atoms with Crippen LogP contribution in [0.2, 0.25) is 5.02 Å². The van der Waals surface area contributed by atoms with Gasteiger partial charge in [-0.05, 0) is 36.5 Å². The van der Waals surface area contributed by atoms with Crippen LogP contribution in [0.25, 0.3) is 0 Å². The van der Waals surface area contributed by atoms with E-state index < -0.39 is 9.84 Å². The van der Waals surface area contributed by atoms with Crippen LogP contribution in [0.5, 0.6) is 0 Å². The second-order valence-corrected chi connectivity index (χ2v) is 8.68. The number of benzene rings is 1. The summed E-state index contributed by atoms with van der Waals surface area (Å²) in [5, 5.41) is 3.28. The normalized spacial score (nSPS) is 25.7. The molecule has 1 aliphatic rings. The summed E-state index contributed by atoms with van der Waals surface area (Å²) in [5.41, 5.74) is 0.218. The fourth-order valence-corrected chi connectivity index (χ4v) is 3.79. The van der Waals surface area contributed by atoms with Gasteiger partial charge in [0, 0.05) is 12.3 Å². The molecule has 3 atom stereocenters. The van der Waals surface area contributed by atoms with E-state index in [9.17, 15) is 13.2 Å². The van der Waals surface area contributed by atoms with Gasteiger partial charge in [0.2, 0.25) is 0 Å². The third kappa shape index (κ3) is 3.82. The molecule has 0 spiro atoms. The van der Waals surface area contributed by atoms with E-state index in [2.05, 4.69) is 19.2 Å². The lowest BCUT2D eigenvalue weighted by molar-refractivity contribution is 0.0891. The van der Waals surface area contributed by atoms with Gasteiger partial charge in [-0.25, -0.2) is 8.42 Å². The molecule has 1 aliphatic carbocycles. The summed E-state index contributed by atoms with van der Waals surface area (Å²) >= 11 is 6.07. The topological polar surface area (TPSA) is 63.2 Å². The monoisotopic (exact) mass is 343 g/mol. The summed E-state index contributed by atoms with van der Waals surface area (Å²) in [7, 11) is -3.37. The molecule has 0 aromatic heterocycles. The third-order valence-electron chi connectivity index (χ3n) is 4.63. The lowest BCUT2D eigenvalue weighted by atomic mass is 9.78. The second-order valence-electron chi connectivity index (χ2n) is 6.26. The van der Waals surface area contributed by atoms with Gasteiger partial charge in [-0.1, -0.05) is 38.3 Å². The number of carbonyl (C=O) groups excluding carboxylic acids is 1. The molecule has 0 aliphatic heterocycles. The fraction of sp³-hybridized carbons (Fsp3) is 0.562. The number of hydrogen-bond acceptors (Lipinski definition) is 3. The number of rotatable bonds is 3. The molecular formula is C16H22ClNO3S. The first kappa shape index (κ1) is 17.3. The molecule has 4 nitrogen and oxygen atoms in total. The molecule has 2 rings (SSSR count). The molecule has 0 heterocycles. The highest BCUT2D eigenvalue weighted by Crippen LogP contribution is 2.30. The summed E-state index contributed by atoms with van der Waals surface area (Å²) in [6.45, 7) is 4.34. The van der Waals surface area contributed by atoms with Crippen molar-refractivity contribution in [1.82, 2.24) is 5.32 Å². The second kappa shape index (κ2) is 6.59. The van der Waals surface area contributed by atoms with Crippen LogP contribution in [0.15, 0.2) is 23.1 Å². The smallest absolute Gasteiger partial charge is 0.253 e.